The summed E-state index contributed by atoms with van der Waals surface area (Å²) >= 11 is 0. The number of pyridine rings is 1. The minimum atomic E-state index is -3.44. The standard InChI is InChI=1S/C26H26N6O2S/c1-5-17(4)21-9-8-20(16(2)3)22-12-25(28-14-23(21)22)30-24-10-11-27-26(31-24)18-13-29-32(15-18)35(33,34)19-6-7-19/h1,8-17,19H,6-7H2,2-4H3,(H,27,28,30,31). The van der Waals surface area contributed by atoms with Gasteiger partial charge in [-0.1, -0.05) is 31.9 Å². The Balaban J connectivity index is 1.47. The number of terminal acetylenes is 1. The van der Waals surface area contributed by atoms with Gasteiger partial charge in [0, 0.05) is 23.7 Å². The molecule has 1 N–H and O–H groups in total. The highest BCUT2D eigenvalue weighted by atomic mass is 32.2. The number of hydrogen-bond donors (Lipinski definition) is 1. The summed E-state index contributed by atoms with van der Waals surface area (Å²) in [7, 11) is -3.44. The lowest BCUT2D eigenvalue weighted by Gasteiger charge is -2.16. The number of hydrogen-bond acceptors (Lipinski definition) is 7. The van der Waals surface area contributed by atoms with Crippen molar-refractivity contribution in [2.45, 2.75) is 50.7 Å². The fourth-order valence-corrected chi connectivity index (χ4v) is 5.58. The van der Waals surface area contributed by atoms with Gasteiger partial charge in [-0.3, -0.25) is 0 Å². The van der Waals surface area contributed by atoms with E-state index in [9.17, 15) is 8.42 Å². The van der Waals surface area contributed by atoms with Crippen LogP contribution in [0.4, 0.5) is 11.6 Å². The van der Waals surface area contributed by atoms with Gasteiger partial charge in [0.1, 0.15) is 11.6 Å². The molecule has 4 aromatic rings. The van der Waals surface area contributed by atoms with Crippen molar-refractivity contribution < 1.29 is 8.42 Å². The summed E-state index contributed by atoms with van der Waals surface area (Å²) in [5, 5.41) is 9.08. The molecule has 178 valence electrons. The molecule has 9 heteroatoms. The maximum absolute atomic E-state index is 12.4. The van der Waals surface area contributed by atoms with Crippen LogP contribution >= 0.6 is 0 Å². The number of nitrogens with one attached hydrogen (secondary N) is 1. The Hall–Kier alpha value is -3.77. The van der Waals surface area contributed by atoms with Gasteiger partial charge in [0.25, 0.3) is 10.0 Å². The number of anilines is 2. The zero-order valence-electron chi connectivity index (χ0n) is 19.8. The minimum absolute atomic E-state index is 0.0200. The first-order chi connectivity index (χ1) is 16.8. The van der Waals surface area contributed by atoms with Crippen LogP contribution in [0.1, 0.15) is 56.6 Å². The van der Waals surface area contributed by atoms with Crippen molar-refractivity contribution in [3.8, 4) is 23.7 Å². The number of aromatic nitrogens is 5. The van der Waals surface area contributed by atoms with Gasteiger partial charge in [-0.15, -0.1) is 6.42 Å². The molecule has 8 nitrogen and oxygen atoms in total. The quantitative estimate of drug-likeness (QED) is 0.373. The Kier molecular flexibility index (Phi) is 5.77. The van der Waals surface area contributed by atoms with Crippen LogP contribution in [-0.2, 0) is 10.0 Å². The lowest BCUT2D eigenvalue weighted by atomic mass is 9.90. The van der Waals surface area contributed by atoms with Crippen molar-refractivity contribution in [2.24, 2.45) is 0 Å². The van der Waals surface area contributed by atoms with Gasteiger partial charge in [0.05, 0.1) is 23.2 Å². The van der Waals surface area contributed by atoms with Crippen LogP contribution in [0.2, 0.25) is 0 Å². The number of benzene rings is 1. The van der Waals surface area contributed by atoms with Crippen molar-refractivity contribution in [1.29, 1.82) is 0 Å². The molecule has 0 bridgehead atoms. The van der Waals surface area contributed by atoms with Gasteiger partial charge in [0.2, 0.25) is 0 Å². The number of fused-ring (bicyclic) bond motifs is 1. The number of rotatable bonds is 7. The Labute approximate surface area is 204 Å². The van der Waals surface area contributed by atoms with Crippen molar-refractivity contribution in [1.82, 2.24) is 24.1 Å². The molecule has 0 spiro atoms. The third kappa shape index (κ3) is 4.37. The highest BCUT2D eigenvalue weighted by molar-refractivity contribution is 7.90. The molecule has 0 saturated heterocycles. The van der Waals surface area contributed by atoms with Crippen LogP contribution in [0.5, 0.6) is 0 Å². The molecule has 1 saturated carbocycles. The van der Waals surface area contributed by atoms with Crippen LogP contribution < -0.4 is 5.32 Å². The van der Waals surface area contributed by atoms with Gasteiger partial charge in [0.15, 0.2) is 5.82 Å². The van der Waals surface area contributed by atoms with E-state index < -0.39 is 10.0 Å². The first-order valence-electron chi connectivity index (χ1n) is 11.6. The molecule has 0 aliphatic heterocycles. The van der Waals surface area contributed by atoms with Gasteiger partial charge in [-0.2, -0.15) is 9.19 Å². The molecule has 3 heterocycles. The van der Waals surface area contributed by atoms with Crippen LogP contribution in [0.3, 0.4) is 0 Å². The zero-order chi connectivity index (χ0) is 24.7. The van der Waals surface area contributed by atoms with Gasteiger partial charge >= 0.3 is 0 Å². The maximum atomic E-state index is 12.4. The fraction of sp³-hybridized carbons (Fsp3) is 0.308. The van der Waals surface area contributed by atoms with Crippen LogP contribution in [0.25, 0.3) is 22.2 Å². The molecule has 1 aliphatic rings. The van der Waals surface area contributed by atoms with Crippen molar-refractivity contribution >= 4 is 32.4 Å². The van der Waals surface area contributed by atoms with E-state index in [1.807, 2.05) is 19.2 Å². The van der Waals surface area contributed by atoms with Gasteiger partial charge in [-0.25, -0.2) is 23.4 Å². The third-order valence-corrected chi connectivity index (χ3v) is 8.28. The van der Waals surface area contributed by atoms with E-state index in [1.165, 1.54) is 18.0 Å². The highest BCUT2D eigenvalue weighted by Gasteiger charge is 2.37. The smallest absolute Gasteiger partial charge is 0.256 e. The van der Waals surface area contributed by atoms with E-state index in [0.29, 0.717) is 41.8 Å². The number of nitrogens with zero attached hydrogens (tertiary/aromatic N) is 5. The Bertz CT molecular complexity index is 1560. The van der Waals surface area contributed by atoms with E-state index >= 15 is 0 Å². The van der Waals surface area contributed by atoms with E-state index in [-0.39, 0.29) is 11.2 Å². The average molecular weight is 487 g/mol. The molecular weight excluding hydrogens is 460 g/mol. The van der Waals surface area contributed by atoms with Crippen molar-refractivity contribution in [3.05, 3.63) is 60.2 Å². The van der Waals surface area contributed by atoms with E-state index in [1.54, 1.807) is 12.3 Å². The lowest BCUT2D eigenvalue weighted by molar-refractivity contribution is 0.578. The predicted octanol–water partition coefficient (Wildman–Crippen LogP) is 4.83. The highest BCUT2D eigenvalue weighted by Crippen LogP contribution is 2.33. The normalized spacial score (nSPS) is 14.7. The summed E-state index contributed by atoms with van der Waals surface area (Å²) < 4.78 is 25.9. The summed E-state index contributed by atoms with van der Waals surface area (Å²) in [6, 6.07) is 7.98. The first-order valence-corrected chi connectivity index (χ1v) is 13.1. The molecule has 1 unspecified atom stereocenters. The largest absolute Gasteiger partial charge is 0.325 e. The Morgan fingerprint density at radius 2 is 1.83 bits per heavy atom. The minimum Gasteiger partial charge on any atom is -0.325 e. The Morgan fingerprint density at radius 3 is 2.54 bits per heavy atom. The molecule has 35 heavy (non-hydrogen) atoms. The summed E-state index contributed by atoms with van der Waals surface area (Å²) in [6.45, 7) is 6.33. The second kappa shape index (κ2) is 8.78. The molecular formula is C26H26N6O2S. The van der Waals surface area contributed by atoms with Gasteiger partial charge < -0.3 is 5.32 Å². The first kappa shape index (κ1) is 23.0. The molecule has 5 rings (SSSR count). The molecule has 1 aromatic carbocycles. The maximum Gasteiger partial charge on any atom is 0.256 e. The van der Waals surface area contributed by atoms with Crippen LogP contribution in [-0.4, -0.2) is 37.8 Å². The predicted molar refractivity (Wildman–Crippen MR) is 137 cm³/mol. The third-order valence-electron chi connectivity index (χ3n) is 6.24. The monoisotopic (exact) mass is 486 g/mol. The SMILES string of the molecule is C#CC(C)c1ccc(C(C)C)c2cc(Nc3ccnc(-c4cnn(S(=O)(=O)C5CC5)c4)n3)ncc12. The van der Waals surface area contributed by atoms with Crippen molar-refractivity contribution in [3.63, 3.8) is 0 Å². The second-order valence-electron chi connectivity index (χ2n) is 9.14. The summed E-state index contributed by atoms with van der Waals surface area (Å²) in [5.41, 5.74) is 2.82. The van der Waals surface area contributed by atoms with E-state index in [4.69, 9.17) is 6.42 Å². The zero-order valence-corrected chi connectivity index (χ0v) is 20.6. The van der Waals surface area contributed by atoms with Crippen molar-refractivity contribution in [2.75, 3.05) is 5.32 Å². The Morgan fingerprint density at radius 1 is 1.06 bits per heavy atom. The molecule has 1 aliphatic carbocycles. The fourth-order valence-electron chi connectivity index (χ4n) is 4.10. The van der Waals surface area contributed by atoms with Crippen LogP contribution in [0, 0.1) is 12.3 Å². The summed E-state index contributed by atoms with van der Waals surface area (Å²) in [6.07, 6.45) is 13.4. The lowest BCUT2D eigenvalue weighted by Crippen LogP contribution is -2.17. The summed E-state index contributed by atoms with van der Waals surface area (Å²) in [4.78, 5) is 13.5. The molecule has 0 radical (unpaired) electrons. The second-order valence-corrected chi connectivity index (χ2v) is 11.2. The molecule has 3 aromatic heterocycles. The molecule has 1 atom stereocenters. The van der Waals surface area contributed by atoms with E-state index in [2.05, 4.69) is 57.3 Å². The summed E-state index contributed by atoms with van der Waals surface area (Å²) in [5.74, 6) is 4.68. The molecule has 1 fully saturated rings. The molecule has 0 amide bonds. The average Bonchev–Trinajstić information content (AvgIpc) is 3.60. The van der Waals surface area contributed by atoms with Gasteiger partial charge in [-0.05, 0) is 54.3 Å². The van der Waals surface area contributed by atoms with Crippen LogP contribution in [0.15, 0.2) is 49.1 Å². The topological polar surface area (TPSA) is 103 Å². The van der Waals surface area contributed by atoms with E-state index in [0.717, 1.165) is 20.4 Å².